The fourth-order valence-electron chi connectivity index (χ4n) is 13.0. The maximum Gasteiger partial charge on any atom is 0.344 e. The lowest BCUT2D eigenvalue weighted by atomic mass is 9.47. The molecule has 5 aliphatic heterocycles. The van der Waals surface area contributed by atoms with Gasteiger partial charge < -0.3 is 34.5 Å². The Morgan fingerprint density at radius 2 is 1.84 bits per heavy atom. The highest BCUT2D eigenvalue weighted by atomic mass is 16.6. The molecule has 1 spiro atoms. The first kappa shape index (κ1) is 38.8. The topological polar surface area (TPSA) is 137 Å². The molecule has 9 atom stereocenters. The molecule has 2 bridgehead atoms. The fourth-order valence-corrected chi connectivity index (χ4v) is 13.0. The number of rotatable bonds is 8. The molecule has 6 aliphatic rings. The van der Waals surface area contributed by atoms with Gasteiger partial charge in [-0.25, -0.2) is 4.79 Å². The Morgan fingerprint density at radius 1 is 1.05 bits per heavy atom. The summed E-state index contributed by atoms with van der Waals surface area (Å²) in [5.74, 6) is -0.919. The zero-order chi connectivity index (χ0) is 40.9. The Morgan fingerprint density at radius 3 is 2.55 bits per heavy atom. The molecule has 308 valence electrons. The van der Waals surface area contributed by atoms with Crippen LogP contribution in [0.2, 0.25) is 0 Å². The van der Waals surface area contributed by atoms with Gasteiger partial charge in [0.15, 0.2) is 6.10 Å². The standard InChI is InChI=1S/C46H57N5O7/c1-8-28-20-29-23-45(41(53)47-10-3,37-31(26-50(24-28)25-29)30-14-11-12-15-34(30)48-37)33-21-32-35(22-36(33)56-6)49(5)39-44(32)17-19-51-18-13-16-43(9-2,38(44)51)40(58-27(4)52)46(39,55)42(54)57-7/h11-16,20-22,29,38-40,48,55H,8-10,17-19,23-26H2,1-7H3,(H,47,53)/t29-,38-,39+,40+,43+,44?,45-,46-/m0/s1. The highest BCUT2D eigenvalue weighted by molar-refractivity contribution is 5.97. The maximum absolute atomic E-state index is 15.5. The summed E-state index contributed by atoms with van der Waals surface area (Å²) in [6.45, 7) is 11.7. The highest BCUT2D eigenvalue weighted by Gasteiger charge is 2.80. The molecule has 1 aliphatic carbocycles. The number of esters is 2. The lowest BCUT2D eigenvalue weighted by molar-refractivity contribution is -0.228. The van der Waals surface area contributed by atoms with E-state index >= 15 is 4.79 Å². The number of benzene rings is 2. The fraction of sp³-hybridized carbons (Fsp3) is 0.543. The molecular weight excluding hydrogens is 735 g/mol. The molecule has 0 radical (unpaired) electrons. The van der Waals surface area contributed by atoms with Crippen LogP contribution >= 0.6 is 0 Å². The molecule has 1 saturated carbocycles. The molecule has 12 nitrogen and oxygen atoms in total. The van der Waals surface area contributed by atoms with Crippen molar-refractivity contribution in [2.75, 3.05) is 58.9 Å². The second-order valence-electron chi connectivity index (χ2n) is 17.5. The smallest absolute Gasteiger partial charge is 0.344 e. The van der Waals surface area contributed by atoms with Gasteiger partial charge in [-0.3, -0.25) is 19.4 Å². The van der Waals surface area contributed by atoms with Crippen molar-refractivity contribution in [3.63, 3.8) is 0 Å². The number of para-hydroxylation sites is 1. The number of anilines is 1. The number of aromatic nitrogens is 1. The molecule has 2 unspecified atom stereocenters. The first-order chi connectivity index (χ1) is 27.9. The van der Waals surface area contributed by atoms with Crippen LogP contribution in [0.1, 0.15) is 75.8 Å². The summed E-state index contributed by atoms with van der Waals surface area (Å²) in [7, 11) is 4.82. The van der Waals surface area contributed by atoms with Crippen molar-refractivity contribution in [1.29, 1.82) is 0 Å². The largest absolute Gasteiger partial charge is 0.496 e. The van der Waals surface area contributed by atoms with E-state index in [9.17, 15) is 14.7 Å². The van der Waals surface area contributed by atoms with E-state index in [0.29, 0.717) is 51.2 Å². The molecule has 3 aromatic rings. The Labute approximate surface area is 340 Å². The van der Waals surface area contributed by atoms with Gasteiger partial charge in [-0.15, -0.1) is 0 Å². The van der Waals surface area contributed by atoms with Crippen LogP contribution in [-0.4, -0.2) is 116 Å². The van der Waals surface area contributed by atoms with Crippen LogP contribution in [-0.2, 0) is 41.2 Å². The van der Waals surface area contributed by atoms with Crippen LogP contribution in [0.25, 0.3) is 10.9 Å². The predicted octanol–water partition coefficient (Wildman–Crippen LogP) is 4.72. The molecule has 6 heterocycles. The number of carbonyl (C=O) groups excluding carboxylic acids is 3. The van der Waals surface area contributed by atoms with E-state index in [2.05, 4.69) is 69.5 Å². The first-order valence-electron chi connectivity index (χ1n) is 21.0. The Kier molecular flexibility index (Phi) is 9.18. The number of aliphatic hydroxyl groups is 1. The van der Waals surface area contributed by atoms with Gasteiger partial charge in [-0.2, -0.15) is 0 Å². The third-order valence-electron chi connectivity index (χ3n) is 15.0. The third-order valence-corrected chi connectivity index (χ3v) is 15.0. The normalized spacial score (nSPS) is 34.5. The zero-order valence-electron chi connectivity index (χ0n) is 34.8. The molecule has 1 aromatic heterocycles. The number of nitrogens with one attached hydrogen (secondary N) is 2. The van der Waals surface area contributed by atoms with Gasteiger partial charge >= 0.3 is 11.9 Å². The number of likely N-dealkylation sites (N-methyl/N-ethyl adjacent to an activating group) is 2. The summed E-state index contributed by atoms with van der Waals surface area (Å²) in [5, 5.41) is 17.7. The van der Waals surface area contributed by atoms with E-state index in [1.54, 1.807) is 7.11 Å². The molecule has 2 aromatic carbocycles. The number of ether oxygens (including phenoxy) is 3. The van der Waals surface area contributed by atoms with Gasteiger partial charge in [0.05, 0.1) is 20.3 Å². The lowest BCUT2D eigenvalue weighted by Gasteiger charge is -2.63. The SMILES string of the molecule is CCNC(=O)[C@]1(c2cc3c(cc2OC)N(C)[C@@H]2C34CCN3CC=C[C@](CC)([C@H]34)[C@@H](OC(C)=O)[C@]2(O)C(=O)OC)C[C@@H]2C=C(CC)CN(Cc3c1[nH]c1ccccc31)C2. The number of carbonyl (C=O) groups is 3. The van der Waals surface area contributed by atoms with Crippen molar-refractivity contribution in [2.24, 2.45) is 11.3 Å². The number of nitrogens with zero attached hydrogens (tertiary/aromatic N) is 3. The van der Waals surface area contributed by atoms with Crippen LogP contribution in [0.5, 0.6) is 5.75 Å². The van der Waals surface area contributed by atoms with E-state index in [-0.39, 0.29) is 17.9 Å². The average molecular weight is 792 g/mol. The minimum atomic E-state index is -2.26. The quantitative estimate of drug-likeness (QED) is 0.217. The van der Waals surface area contributed by atoms with Gasteiger partial charge in [-0.05, 0) is 68.3 Å². The molecule has 58 heavy (non-hydrogen) atoms. The van der Waals surface area contributed by atoms with E-state index in [1.807, 2.05) is 37.9 Å². The molecule has 9 rings (SSSR count). The van der Waals surface area contributed by atoms with Crippen LogP contribution in [0.15, 0.2) is 60.2 Å². The van der Waals surface area contributed by atoms with Crippen molar-refractivity contribution in [3.8, 4) is 5.75 Å². The number of aromatic amines is 1. The lowest BCUT2D eigenvalue weighted by Crippen LogP contribution is -2.81. The average Bonchev–Trinajstić information content (AvgIpc) is 3.87. The van der Waals surface area contributed by atoms with E-state index in [0.717, 1.165) is 58.5 Å². The summed E-state index contributed by atoms with van der Waals surface area (Å²) >= 11 is 0. The molecule has 1 amide bonds. The second kappa shape index (κ2) is 13.7. The Hall–Kier alpha value is -4.65. The summed E-state index contributed by atoms with van der Waals surface area (Å²) in [4.78, 5) is 53.7. The minimum Gasteiger partial charge on any atom is -0.496 e. The number of hydrogen-bond donors (Lipinski definition) is 3. The van der Waals surface area contributed by atoms with Gasteiger partial charge in [0.1, 0.15) is 11.2 Å². The van der Waals surface area contributed by atoms with Gasteiger partial charge in [0.2, 0.25) is 11.5 Å². The van der Waals surface area contributed by atoms with Crippen molar-refractivity contribution in [2.45, 2.75) is 94.5 Å². The molecule has 1 saturated heterocycles. The van der Waals surface area contributed by atoms with Crippen LogP contribution in [0.3, 0.4) is 0 Å². The number of amides is 1. The second-order valence-corrected chi connectivity index (χ2v) is 17.5. The minimum absolute atomic E-state index is 0.0687. The summed E-state index contributed by atoms with van der Waals surface area (Å²) in [6.07, 6.45) is 7.86. The van der Waals surface area contributed by atoms with Crippen LogP contribution in [0, 0.1) is 11.3 Å². The van der Waals surface area contributed by atoms with Crippen molar-refractivity contribution >= 4 is 34.4 Å². The number of hydrogen-bond acceptors (Lipinski definition) is 10. The number of H-pyrrole nitrogens is 1. The third kappa shape index (κ3) is 4.94. The van der Waals surface area contributed by atoms with Gasteiger partial charge in [-0.1, -0.05) is 55.8 Å². The summed E-state index contributed by atoms with van der Waals surface area (Å²) < 4.78 is 18.1. The Bertz CT molecular complexity index is 2270. The monoisotopic (exact) mass is 791 g/mol. The first-order valence-corrected chi connectivity index (χ1v) is 21.0. The van der Waals surface area contributed by atoms with Crippen LogP contribution < -0.4 is 15.0 Å². The number of methoxy groups -OCH3 is 2. The van der Waals surface area contributed by atoms with E-state index in [1.165, 1.54) is 19.6 Å². The van der Waals surface area contributed by atoms with E-state index in [4.69, 9.17) is 14.2 Å². The molecule has 3 N–H and O–H groups in total. The molecular formula is C46H57N5O7. The van der Waals surface area contributed by atoms with Crippen molar-refractivity contribution in [3.05, 3.63) is 82.6 Å². The van der Waals surface area contributed by atoms with Crippen LogP contribution in [0.4, 0.5) is 5.69 Å². The van der Waals surface area contributed by atoms with Crippen molar-refractivity contribution in [1.82, 2.24) is 20.1 Å². The van der Waals surface area contributed by atoms with Gasteiger partial charge in [0.25, 0.3) is 0 Å². The summed E-state index contributed by atoms with van der Waals surface area (Å²) in [6, 6.07) is 11.4. The molecule has 2 fully saturated rings. The maximum atomic E-state index is 15.5. The predicted molar refractivity (Wildman–Crippen MR) is 221 cm³/mol. The van der Waals surface area contributed by atoms with Gasteiger partial charge in [0, 0.05) is 97.5 Å². The Balaban J connectivity index is 1.37. The summed E-state index contributed by atoms with van der Waals surface area (Å²) in [5.41, 5.74) is 1.51. The van der Waals surface area contributed by atoms with Crippen molar-refractivity contribution < 1.29 is 33.7 Å². The number of fused-ring (bicyclic) bond motifs is 6. The molecule has 12 heteroatoms. The highest BCUT2D eigenvalue weighted by Crippen LogP contribution is 2.68. The van der Waals surface area contributed by atoms with E-state index < -0.39 is 45.9 Å². The zero-order valence-corrected chi connectivity index (χ0v) is 34.8.